The standard InChI is InChI=1S/C30H36FN5O2S/c31-25-5-7-26(8-6-25)34-28-15-24-11-14-36(20-30(24,16-23(28)17-32)21-38-19-22-3-4-22)39(37)27-9-10-29(33-18-27)35-12-1-2-13-35/h5-10,15,17-18,22-23,32H,1-4,11-14,16,19-21H2. The van der Waals surface area contributed by atoms with Gasteiger partial charge in [0.2, 0.25) is 0 Å². The smallest absolute Gasteiger partial charge is 0.129 e. The minimum atomic E-state index is -1.33. The van der Waals surface area contributed by atoms with Gasteiger partial charge < -0.3 is 15.0 Å². The summed E-state index contributed by atoms with van der Waals surface area (Å²) in [6.07, 6.45) is 11.6. The van der Waals surface area contributed by atoms with E-state index in [1.807, 2.05) is 16.4 Å². The Morgan fingerprint density at radius 2 is 1.95 bits per heavy atom. The number of aliphatic imine (C=N–C) groups is 1. The maximum absolute atomic E-state index is 13.7. The van der Waals surface area contributed by atoms with Crippen molar-refractivity contribution in [1.29, 1.82) is 5.41 Å². The molecule has 2 saturated heterocycles. The first kappa shape index (κ1) is 26.5. The fourth-order valence-electron chi connectivity index (χ4n) is 5.99. The number of nitrogens with one attached hydrogen (secondary N) is 1. The van der Waals surface area contributed by atoms with Crippen molar-refractivity contribution in [2.24, 2.45) is 22.2 Å². The lowest BCUT2D eigenvalue weighted by molar-refractivity contribution is 0.0295. The van der Waals surface area contributed by atoms with Crippen molar-refractivity contribution in [2.75, 3.05) is 44.3 Å². The SMILES string of the molecule is N=CC1CC2(COCC3CC3)CN(S(=O)c3ccc(N4CCCC4)nc3)CCC2=CC1=Nc1ccc(F)cc1. The quantitative estimate of drug-likeness (QED) is 0.429. The largest absolute Gasteiger partial charge is 0.380 e. The predicted molar refractivity (Wildman–Crippen MR) is 153 cm³/mol. The molecule has 3 atom stereocenters. The topological polar surface area (TPSA) is 81.9 Å². The van der Waals surface area contributed by atoms with Crippen molar-refractivity contribution in [3.63, 3.8) is 0 Å². The Labute approximate surface area is 232 Å². The van der Waals surface area contributed by atoms with E-state index in [-0.39, 0.29) is 17.2 Å². The summed E-state index contributed by atoms with van der Waals surface area (Å²) in [6.45, 7) is 4.62. The Balaban J connectivity index is 1.25. The zero-order valence-electron chi connectivity index (χ0n) is 22.2. The Kier molecular flexibility index (Phi) is 7.73. The minimum Gasteiger partial charge on any atom is -0.380 e. The molecule has 3 fully saturated rings. The first-order chi connectivity index (χ1) is 19.0. The molecule has 1 aromatic heterocycles. The lowest BCUT2D eigenvalue weighted by Crippen LogP contribution is -2.51. The molecule has 0 bridgehead atoms. The lowest BCUT2D eigenvalue weighted by atomic mass is 9.66. The molecular weight excluding hydrogens is 513 g/mol. The number of allylic oxidation sites excluding steroid dienone is 1. The van der Waals surface area contributed by atoms with Crippen LogP contribution >= 0.6 is 0 Å². The average molecular weight is 550 g/mol. The van der Waals surface area contributed by atoms with Gasteiger partial charge in [0.1, 0.15) is 22.6 Å². The molecule has 0 amide bonds. The van der Waals surface area contributed by atoms with Crippen molar-refractivity contribution < 1.29 is 13.3 Å². The Hall–Kier alpha value is -2.75. The molecule has 4 aliphatic rings. The van der Waals surface area contributed by atoms with Crippen LogP contribution < -0.4 is 4.90 Å². The predicted octanol–water partition coefficient (Wildman–Crippen LogP) is 5.33. The summed E-state index contributed by atoms with van der Waals surface area (Å²) in [7, 11) is -1.33. The van der Waals surface area contributed by atoms with Crippen LogP contribution in [0.15, 0.2) is 64.1 Å². The number of aromatic nitrogens is 1. The van der Waals surface area contributed by atoms with Gasteiger partial charge in [-0.25, -0.2) is 17.9 Å². The number of piperidine rings is 1. The number of hydrogen-bond donors (Lipinski definition) is 1. The van der Waals surface area contributed by atoms with Crippen molar-refractivity contribution in [2.45, 2.75) is 43.4 Å². The number of anilines is 1. The van der Waals surface area contributed by atoms with E-state index in [0.29, 0.717) is 37.7 Å². The molecule has 1 N–H and O–H groups in total. The molecule has 2 aliphatic heterocycles. The summed E-state index contributed by atoms with van der Waals surface area (Å²) in [5.41, 5.74) is 2.40. The van der Waals surface area contributed by atoms with E-state index in [1.54, 1.807) is 18.3 Å². The van der Waals surface area contributed by atoms with Gasteiger partial charge >= 0.3 is 0 Å². The van der Waals surface area contributed by atoms with Crippen molar-refractivity contribution in [1.82, 2.24) is 9.29 Å². The van der Waals surface area contributed by atoms with Crippen LogP contribution in [0.5, 0.6) is 0 Å². The molecule has 2 aromatic rings. The van der Waals surface area contributed by atoms with E-state index in [1.165, 1.54) is 49.6 Å². The van der Waals surface area contributed by atoms with Gasteiger partial charge in [-0.1, -0.05) is 5.57 Å². The van der Waals surface area contributed by atoms with Gasteiger partial charge in [-0.05, 0) is 86.9 Å². The van der Waals surface area contributed by atoms with E-state index >= 15 is 0 Å². The average Bonchev–Trinajstić information content (AvgIpc) is 3.62. The molecule has 0 spiro atoms. The molecule has 2 aliphatic carbocycles. The number of halogens is 1. The Morgan fingerprint density at radius 1 is 1.15 bits per heavy atom. The summed E-state index contributed by atoms with van der Waals surface area (Å²) in [6, 6.07) is 10.1. The highest BCUT2D eigenvalue weighted by Gasteiger charge is 2.46. The zero-order chi connectivity index (χ0) is 26.8. The van der Waals surface area contributed by atoms with Gasteiger partial charge in [-0.15, -0.1) is 0 Å². The summed E-state index contributed by atoms with van der Waals surface area (Å²) in [5, 5.41) is 8.21. The summed E-state index contributed by atoms with van der Waals surface area (Å²) in [4.78, 5) is 12.4. The third-order valence-corrected chi connectivity index (χ3v) is 9.83. The maximum Gasteiger partial charge on any atom is 0.129 e. The zero-order valence-corrected chi connectivity index (χ0v) is 23.0. The Bertz CT molecular complexity index is 1270. The van der Waals surface area contributed by atoms with E-state index in [0.717, 1.165) is 42.5 Å². The number of nitrogens with zero attached hydrogens (tertiary/aromatic N) is 4. The monoisotopic (exact) mass is 549 g/mol. The van der Waals surface area contributed by atoms with Crippen molar-refractivity contribution in [3.8, 4) is 0 Å². The summed E-state index contributed by atoms with van der Waals surface area (Å²) in [5.74, 6) is 1.12. The molecule has 9 heteroatoms. The van der Waals surface area contributed by atoms with Crippen LogP contribution in [0.3, 0.4) is 0 Å². The molecule has 206 valence electrons. The first-order valence-electron chi connectivity index (χ1n) is 14.0. The van der Waals surface area contributed by atoms with E-state index in [4.69, 9.17) is 15.1 Å². The lowest BCUT2D eigenvalue weighted by Gasteiger charge is -2.47. The summed E-state index contributed by atoms with van der Waals surface area (Å²) < 4.78 is 35.5. The highest BCUT2D eigenvalue weighted by molar-refractivity contribution is 7.82. The van der Waals surface area contributed by atoms with Gasteiger partial charge in [0.25, 0.3) is 0 Å². The number of fused-ring (bicyclic) bond motifs is 1. The fraction of sp³-hybridized carbons (Fsp3) is 0.500. The minimum absolute atomic E-state index is 0.196. The maximum atomic E-state index is 13.7. The number of rotatable bonds is 9. The van der Waals surface area contributed by atoms with E-state index < -0.39 is 11.0 Å². The Morgan fingerprint density at radius 3 is 2.64 bits per heavy atom. The number of hydrogen-bond acceptors (Lipinski definition) is 6. The second kappa shape index (κ2) is 11.4. The van der Waals surface area contributed by atoms with E-state index in [9.17, 15) is 8.60 Å². The van der Waals surface area contributed by atoms with Crippen LogP contribution in [0.25, 0.3) is 0 Å². The van der Waals surface area contributed by atoms with Crippen molar-refractivity contribution >= 4 is 34.4 Å². The molecule has 7 nitrogen and oxygen atoms in total. The van der Waals surface area contributed by atoms with Crippen LogP contribution in [0.1, 0.15) is 38.5 Å². The van der Waals surface area contributed by atoms with Crippen LogP contribution in [-0.2, 0) is 15.7 Å². The molecule has 1 saturated carbocycles. The third kappa shape index (κ3) is 5.90. The first-order valence-corrected chi connectivity index (χ1v) is 15.1. The highest BCUT2D eigenvalue weighted by Crippen LogP contribution is 2.46. The van der Waals surface area contributed by atoms with Crippen molar-refractivity contribution in [3.05, 3.63) is 60.1 Å². The molecule has 6 rings (SSSR count). The second-order valence-electron chi connectivity index (χ2n) is 11.3. The number of benzene rings is 1. The number of pyridine rings is 1. The third-order valence-electron chi connectivity index (χ3n) is 8.41. The van der Waals surface area contributed by atoms with Gasteiger partial charge in [-0.3, -0.25) is 4.99 Å². The molecule has 3 unspecified atom stereocenters. The van der Waals surface area contributed by atoms with Crippen LogP contribution in [0.4, 0.5) is 15.9 Å². The van der Waals surface area contributed by atoms with Gasteiger partial charge in [0.15, 0.2) is 0 Å². The van der Waals surface area contributed by atoms with Crippen LogP contribution in [-0.4, -0.2) is 64.8 Å². The fourth-order valence-corrected chi connectivity index (χ4v) is 7.23. The van der Waals surface area contributed by atoms with Gasteiger partial charge in [-0.2, -0.15) is 0 Å². The molecule has 3 heterocycles. The van der Waals surface area contributed by atoms with Gasteiger partial charge in [0, 0.05) is 62.2 Å². The number of ether oxygens (including phenoxy) is 1. The molecule has 39 heavy (non-hydrogen) atoms. The highest BCUT2D eigenvalue weighted by atomic mass is 32.2. The van der Waals surface area contributed by atoms with Crippen LogP contribution in [0.2, 0.25) is 0 Å². The van der Waals surface area contributed by atoms with Gasteiger partial charge in [0.05, 0.1) is 17.2 Å². The molecule has 0 radical (unpaired) electrons. The van der Waals surface area contributed by atoms with E-state index in [2.05, 4.69) is 16.0 Å². The molecule has 1 aromatic carbocycles. The second-order valence-corrected chi connectivity index (χ2v) is 12.8. The normalized spacial score (nSPS) is 27.3. The molecular formula is C30H36FN5O2S. The van der Waals surface area contributed by atoms with Crippen LogP contribution in [0, 0.1) is 28.5 Å². The summed E-state index contributed by atoms with van der Waals surface area (Å²) >= 11 is 0.